The first-order valence-corrected chi connectivity index (χ1v) is 16.6. The topological polar surface area (TPSA) is 141 Å². The highest BCUT2D eigenvalue weighted by Gasteiger charge is 2.24. The number of amides is 1. The SMILES string of the molecule is CCCCCCCCCCCCCCCC(=O)O.CS(=O)(=O)c1ccc(C(O)C(CO)NC(=O)C(Cl)Cl)cc1. The van der Waals surface area contributed by atoms with E-state index in [0.29, 0.717) is 12.0 Å². The summed E-state index contributed by atoms with van der Waals surface area (Å²) in [6, 6.07) is 4.44. The Morgan fingerprint density at radius 3 is 1.64 bits per heavy atom. The predicted octanol–water partition coefficient (Wildman–Crippen LogP) is 5.96. The molecular weight excluding hydrogens is 565 g/mol. The molecule has 1 aromatic rings. The van der Waals surface area contributed by atoms with Crippen LogP contribution in [0.25, 0.3) is 0 Å². The van der Waals surface area contributed by atoms with Gasteiger partial charge in [0, 0.05) is 12.7 Å². The smallest absolute Gasteiger partial charge is 0.303 e. The first-order chi connectivity index (χ1) is 18.4. The number of hydrogen-bond acceptors (Lipinski definition) is 6. The van der Waals surface area contributed by atoms with Gasteiger partial charge in [0.1, 0.15) is 6.10 Å². The van der Waals surface area contributed by atoms with Gasteiger partial charge in [0.25, 0.3) is 5.91 Å². The molecule has 0 spiro atoms. The molecule has 0 aliphatic carbocycles. The molecule has 1 rings (SSSR count). The largest absolute Gasteiger partial charge is 0.481 e. The van der Waals surface area contributed by atoms with Crippen LogP contribution in [0.2, 0.25) is 0 Å². The van der Waals surface area contributed by atoms with Gasteiger partial charge in [-0.05, 0) is 24.1 Å². The molecule has 2 unspecified atom stereocenters. The molecule has 0 aliphatic heterocycles. The summed E-state index contributed by atoms with van der Waals surface area (Å²) in [6.07, 6.45) is 17.1. The van der Waals surface area contributed by atoms with Gasteiger partial charge in [0.2, 0.25) is 0 Å². The number of nitrogens with one attached hydrogen (secondary N) is 1. The average molecular weight is 613 g/mol. The van der Waals surface area contributed by atoms with Crippen molar-refractivity contribution in [3.8, 4) is 0 Å². The minimum absolute atomic E-state index is 0.101. The van der Waals surface area contributed by atoms with Crippen molar-refractivity contribution in [3.63, 3.8) is 0 Å². The van der Waals surface area contributed by atoms with Crippen LogP contribution < -0.4 is 5.32 Å². The minimum atomic E-state index is -3.34. The molecular formula is C28H47Cl2NO7S. The maximum atomic E-state index is 11.4. The van der Waals surface area contributed by atoms with Gasteiger partial charge in [-0.3, -0.25) is 9.59 Å². The van der Waals surface area contributed by atoms with Crippen LogP contribution in [0, 0.1) is 0 Å². The number of aliphatic hydroxyl groups excluding tert-OH is 2. The van der Waals surface area contributed by atoms with E-state index in [0.717, 1.165) is 19.1 Å². The summed E-state index contributed by atoms with van der Waals surface area (Å²) < 4.78 is 22.7. The number of halogens is 2. The molecule has 0 radical (unpaired) electrons. The molecule has 0 aliphatic rings. The number of carbonyl (C=O) groups excluding carboxylic acids is 1. The second-order valence-electron chi connectivity index (χ2n) is 9.77. The van der Waals surface area contributed by atoms with Crippen LogP contribution >= 0.6 is 23.2 Å². The molecule has 11 heteroatoms. The molecule has 0 aromatic heterocycles. The summed E-state index contributed by atoms with van der Waals surface area (Å²) >= 11 is 10.7. The molecule has 8 nitrogen and oxygen atoms in total. The molecule has 0 fully saturated rings. The van der Waals surface area contributed by atoms with E-state index in [9.17, 15) is 28.2 Å². The summed E-state index contributed by atoms with van der Waals surface area (Å²) in [4.78, 5) is 20.4. The minimum Gasteiger partial charge on any atom is -0.481 e. The fourth-order valence-corrected chi connectivity index (χ4v) is 4.67. The molecule has 2 atom stereocenters. The second kappa shape index (κ2) is 22.3. The third-order valence-electron chi connectivity index (χ3n) is 6.25. The lowest BCUT2D eigenvalue weighted by Crippen LogP contribution is -2.44. The number of benzene rings is 1. The zero-order valence-corrected chi connectivity index (χ0v) is 25.6. The molecule has 4 N–H and O–H groups in total. The molecule has 0 saturated carbocycles. The second-order valence-corrected chi connectivity index (χ2v) is 12.9. The highest BCUT2D eigenvalue weighted by Crippen LogP contribution is 2.20. The number of sulfone groups is 1. The van der Waals surface area contributed by atoms with Gasteiger partial charge in [0.05, 0.1) is 17.5 Å². The molecule has 1 amide bonds. The van der Waals surface area contributed by atoms with Gasteiger partial charge < -0.3 is 20.6 Å². The normalized spacial score (nSPS) is 12.9. The van der Waals surface area contributed by atoms with Gasteiger partial charge in [-0.15, -0.1) is 0 Å². The van der Waals surface area contributed by atoms with E-state index in [1.807, 2.05) is 0 Å². The maximum Gasteiger partial charge on any atom is 0.303 e. The summed E-state index contributed by atoms with van der Waals surface area (Å²) in [5.74, 6) is -1.40. The first-order valence-electron chi connectivity index (χ1n) is 13.8. The summed E-state index contributed by atoms with van der Waals surface area (Å²) in [6.45, 7) is 1.72. The van der Waals surface area contributed by atoms with Crippen molar-refractivity contribution >= 4 is 44.9 Å². The van der Waals surface area contributed by atoms with Gasteiger partial charge in [-0.25, -0.2) is 8.42 Å². The molecule has 0 saturated heterocycles. The van der Waals surface area contributed by atoms with Crippen LogP contribution in [0.15, 0.2) is 29.2 Å². The number of unbranched alkanes of at least 4 members (excludes halogenated alkanes) is 12. The van der Waals surface area contributed by atoms with Crippen LogP contribution in [0.1, 0.15) is 108 Å². The van der Waals surface area contributed by atoms with Crippen molar-refractivity contribution in [2.75, 3.05) is 12.9 Å². The van der Waals surface area contributed by atoms with Crippen LogP contribution in [-0.2, 0) is 19.4 Å². The van der Waals surface area contributed by atoms with E-state index in [1.165, 1.54) is 94.9 Å². The number of alkyl halides is 2. The molecule has 0 heterocycles. The number of carboxylic acids is 1. The number of rotatable bonds is 20. The Kier molecular flexibility index (Phi) is 21.5. The molecule has 0 bridgehead atoms. The van der Waals surface area contributed by atoms with Crippen molar-refractivity contribution in [2.45, 2.75) is 119 Å². The van der Waals surface area contributed by atoms with Gasteiger partial charge >= 0.3 is 5.97 Å². The van der Waals surface area contributed by atoms with Crippen molar-refractivity contribution in [1.82, 2.24) is 5.32 Å². The van der Waals surface area contributed by atoms with E-state index in [2.05, 4.69) is 12.2 Å². The Labute approximate surface area is 244 Å². The van der Waals surface area contributed by atoms with Gasteiger partial charge in [-0.1, -0.05) is 119 Å². The predicted molar refractivity (Wildman–Crippen MR) is 157 cm³/mol. The zero-order chi connectivity index (χ0) is 29.7. The van der Waals surface area contributed by atoms with E-state index in [4.69, 9.17) is 28.3 Å². The number of aliphatic carboxylic acids is 1. The van der Waals surface area contributed by atoms with Crippen molar-refractivity contribution < 1.29 is 33.3 Å². The van der Waals surface area contributed by atoms with E-state index < -0.39 is 45.3 Å². The van der Waals surface area contributed by atoms with Crippen LogP contribution in [-0.4, -0.2) is 59.4 Å². The lowest BCUT2D eigenvalue weighted by atomic mass is 10.0. The Morgan fingerprint density at radius 1 is 0.846 bits per heavy atom. The van der Waals surface area contributed by atoms with Crippen LogP contribution in [0.4, 0.5) is 0 Å². The number of carbonyl (C=O) groups is 2. The lowest BCUT2D eigenvalue weighted by molar-refractivity contribution is -0.137. The highest BCUT2D eigenvalue weighted by molar-refractivity contribution is 7.90. The first kappa shape index (κ1) is 37.6. The fraction of sp³-hybridized carbons (Fsp3) is 0.714. The Bertz CT molecular complexity index is 896. The zero-order valence-electron chi connectivity index (χ0n) is 23.3. The van der Waals surface area contributed by atoms with Crippen molar-refractivity contribution in [3.05, 3.63) is 29.8 Å². The standard InChI is InChI=1S/C16H32O2.C12H15Cl2NO5S/c1-2-3-4-5-6-7-8-9-10-11-12-13-14-15-16(17)18;1-21(19,20)8-4-2-7(3-5-8)10(17)9(6-16)15-12(18)11(13)14/h2-15H2,1H3,(H,17,18);2-5,9-11,16-17H,6H2,1H3,(H,15,18). The molecule has 39 heavy (non-hydrogen) atoms. The molecule has 226 valence electrons. The summed E-state index contributed by atoms with van der Waals surface area (Å²) in [5.41, 5.74) is 0.336. The lowest BCUT2D eigenvalue weighted by Gasteiger charge is -2.23. The molecule has 1 aromatic carbocycles. The highest BCUT2D eigenvalue weighted by atomic mass is 35.5. The number of aliphatic hydroxyl groups is 2. The summed E-state index contributed by atoms with van der Waals surface area (Å²) in [7, 11) is -3.34. The third kappa shape index (κ3) is 19.3. The number of carboxylic acid groups (broad SMARTS) is 1. The Balaban J connectivity index is 0.000000751. The Hall–Kier alpha value is -1.39. The number of hydrogen-bond donors (Lipinski definition) is 4. The quantitative estimate of drug-likeness (QED) is 0.105. The van der Waals surface area contributed by atoms with Gasteiger partial charge in [-0.2, -0.15) is 0 Å². The maximum absolute atomic E-state index is 11.4. The third-order valence-corrected chi connectivity index (χ3v) is 7.77. The monoisotopic (exact) mass is 611 g/mol. The van der Waals surface area contributed by atoms with E-state index in [1.54, 1.807) is 0 Å². The van der Waals surface area contributed by atoms with E-state index in [-0.39, 0.29) is 4.90 Å². The van der Waals surface area contributed by atoms with Crippen LogP contribution in [0.5, 0.6) is 0 Å². The fourth-order valence-electron chi connectivity index (χ4n) is 3.91. The van der Waals surface area contributed by atoms with Crippen molar-refractivity contribution in [1.29, 1.82) is 0 Å². The van der Waals surface area contributed by atoms with Crippen LogP contribution in [0.3, 0.4) is 0 Å². The van der Waals surface area contributed by atoms with Crippen molar-refractivity contribution in [2.24, 2.45) is 0 Å². The summed E-state index contributed by atoms with van der Waals surface area (Å²) in [5, 5.41) is 30.1. The van der Waals surface area contributed by atoms with Gasteiger partial charge in [0.15, 0.2) is 14.7 Å². The van der Waals surface area contributed by atoms with E-state index >= 15 is 0 Å². The Morgan fingerprint density at radius 2 is 1.28 bits per heavy atom. The average Bonchev–Trinajstić information content (AvgIpc) is 2.89.